The topological polar surface area (TPSA) is 56.9 Å². The monoisotopic (exact) mass is 303 g/mol. The summed E-state index contributed by atoms with van der Waals surface area (Å²) in [4.78, 5) is 28.8. The molecule has 0 saturated carbocycles. The van der Waals surface area contributed by atoms with Crippen molar-refractivity contribution in [3.05, 3.63) is 49.1 Å². The molecule has 5 nitrogen and oxygen atoms in total. The van der Waals surface area contributed by atoms with Crippen LogP contribution in [-0.2, 0) is 14.1 Å². The Hall–Kier alpha value is -2.14. The van der Waals surface area contributed by atoms with Gasteiger partial charge in [-0.05, 0) is 37.1 Å². The molecule has 0 aliphatic carbocycles. The van der Waals surface area contributed by atoms with E-state index in [-0.39, 0.29) is 5.39 Å². The number of nitrogens with zero attached hydrogens (tertiary/aromatic N) is 3. The first-order chi connectivity index (χ1) is 9.82. The number of pyridine rings is 1. The van der Waals surface area contributed by atoms with Crippen molar-refractivity contribution in [1.82, 2.24) is 14.1 Å². The number of rotatable bonds is 0. The first-order valence-electron chi connectivity index (χ1n) is 6.49. The molecular weight excluding hydrogens is 290 g/mol. The van der Waals surface area contributed by atoms with Gasteiger partial charge in [0.05, 0.1) is 10.5 Å². The molecule has 3 rings (SSSR count). The maximum Gasteiger partial charge on any atom is 0.332 e. The Kier molecular flexibility index (Phi) is 2.92. The van der Waals surface area contributed by atoms with Gasteiger partial charge in [0.2, 0.25) is 0 Å². The van der Waals surface area contributed by atoms with Gasteiger partial charge >= 0.3 is 5.69 Å². The number of hydrogen-bond donors (Lipinski definition) is 0. The maximum atomic E-state index is 12.3. The molecule has 2 heterocycles. The molecule has 21 heavy (non-hydrogen) atoms. The number of fused-ring (bicyclic) bond motifs is 2. The van der Waals surface area contributed by atoms with Crippen molar-refractivity contribution < 1.29 is 0 Å². The lowest BCUT2D eigenvalue weighted by atomic mass is 10.1. The Morgan fingerprint density at radius 2 is 1.67 bits per heavy atom. The van der Waals surface area contributed by atoms with Crippen LogP contribution >= 0.6 is 11.6 Å². The van der Waals surface area contributed by atoms with Crippen molar-refractivity contribution in [1.29, 1.82) is 0 Å². The minimum atomic E-state index is -0.425. The molecule has 0 unspecified atom stereocenters. The predicted octanol–water partition coefficient (Wildman–Crippen LogP) is 2.06. The molecule has 3 aromatic rings. The van der Waals surface area contributed by atoms with E-state index in [0.717, 1.165) is 21.1 Å². The van der Waals surface area contributed by atoms with Crippen molar-refractivity contribution >= 4 is 33.5 Å². The minimum absolute atomic E-state index is 0.275. The SMILES string of the molecule is Cc1cc2nc3c(c(Cl)c2cc1C)c(=O)n(C)c(=O)n3C. The molecule has 0 spiro atoms. The van der Waals surface area contributed by atoms with Crippen LogP contribution in [0.25, 0.3) is 21.9 Å². The third-order valence-electron chi connectivity index (χ3n) is 3.93. The van der Waals surface area contributed by atoms with Crippen molar-refractivity contribution in [3.8, 4) is 0 Å². The van der Waals surface area contributed by atoms with Gasteiger partial charge in [-0.15, -0.1) is 0 Å². The number of benzene rings is 1. The van der Waals surface area contributed by atoms with Gasteiger partial charge in [0.1, 0.15) is 5.39 Å². The smallest absolute Gasteiger partial charge is 0.280 e. The second kappa shape index (κ2) is 4.43. The first-order valence-corrected chi connectivity index (χ1v) is 6.87. The van der Waals surface area contributed by atoms with Gasteiger partial charge in [0.15, 0.2) is 5.65 Å². The molecule has 0 N–H and O–H groups in total. The maximum absolute atomic E-state index is 12.3. The van der Waals surface area contributed by atoms with Crippen LogP contribution in [0.1, 0.15) is 11.1 Å². The Balaban J connectivity index is 2.70. The number of aryl methyl sites for hydroxylation is 3. The van der Waals surface area contributed by atoms with Gasteiger partial charge in [0, 0.05) is 19.5 Å². The zero-order valence-corrected chi connectivity index (χ0v) is 12.9. The van der Waals surface area contributed by atoms with E-state index >= 15 is 0 Å². The van der Waals surface area contributed by atoms with Crippen LogP contribution in [0.5, 0.6) is 0 Å². The normalized spacial score (nSPS) is 11.5. The standard InChI is InChI=1S/C15H14ClN3O2/c1-7-5-9-10(6-8(7)2)17-13-11(12(9)16)14(20)19(4)15(21)18(13)3/h5-6H,1-4H3. The molecular formula is C15H14ClN3O2. The molecule has 2 aromatic heterocycles. The van der Waals surface area contributed by atoms with Gasteiger partial charge in [-0.1, -0.05) is 11.6 Å². The van der Waals surface area contributed by atoms with Crippen LogP contribution in [-0.4, -0.2) is 14.1 Å². The molecule has 0 bridgehead atoms. The largest absolute Gasteiger partial charge is 0.332 e. The molecule has 0 atom stereocenters. The van der Waals surface area contributed by atoms with Gasteiger partial charge in [-0.3, -0.25) is 13.9 Å². The van der Waals surface area contributed by atoms with Gasteiger partial charge < -0.3 is 0 Å². The Morgan fingerprint density at radius 3 is 2.33 bits per heavy atom. The van der Waals surface area contributed by atoms with Crippen molar-refractivity contribution in [2.45, 2.75) is 13.8 Å². The van der Waals surface area contributed by atoms with Crippen molar-refractivity contribution in [2.24, 2.45) is 14.1 Å². The fraction of sp³-hybridized carbons (Fsp3) is 0.267. The summed E-state index contributed by atoms with van der Waals surface area (Å²) in [6, 6.07) is 3.84. The zero-order chi connectivity index (χ0) is 15.5. The first kappa shape index (κ1) is 13.8. The van der Waals surface area contributed by atoms with Crippen molar-refractivity contribution in [3.63, 3.8) is 0 Å². The molecule has 108 valence electrons. The van der Waals surface area contributed by atoms with Gasteiger partial charge in [-0.2, -0.15) is 0 Å². The highest BCUT2D eigenvalue weighted by molar-refractivity contribution is 6.40. The summed E-state index contributed by atoms with van der Waals surface area (Å²) in [5, 5.41) is 1.34. The van der Waals surface area contributed by atoms with E-state index in [1.807, 2.05) is 26.0 Å². The summed E-state index contributed by atoms with van der Waals surface area (Å²) in [6.45, 7) is 3.96. The summed E-state index contributed by atoms with van der Waals surface area (Å²) in [6.07, 6.45) is 0. The van der Waals surface area contributed by atoms with Crippen LogP contribution in [0, 0.1) is 13.8 Å². The summed E-state index contributed by atoms with van der Waals surface area (Å²) < 4.78 is 2.39. The average molecular weight is 304 g/mol. The second-order valence-corrected chi connectivity index (χ2v) is 5.66. The molecule has 0 aliphatic heterocycles. The lowest BCUT2D eigenvalue weighted by molar-refractivity contribution is 0.708. The van der Waals surface area contributed by atoms with Crippen molar-refractivity contribution in [2.75, 3.05) is 0 Å². The Bertz CT molecular complexity index is 1030. The molecule has 1 aromatic carbocycles. The highest BCUT2D eigenvalue weighted by Gasteiger charge is 2.16. The molecule has 6 heteroatoms. The second-order valence-electron chi connectivity index (χ2n) is 5.28. The summed E-state index contributed by atoms with van der Waals surface area (Å²) in [5.74, 6) is 0. The highest BCUT2D eigenvalue weighted by atomic mass is 35.5. The third-order valence-corrected chi connectivity index (χ3v) is 4.32. The van der Waals surface area contributed by atoms with E-state index < -0.39 is 11.2 Å². The van der Waals surface area contributed by atoms with E-state index in [1.165, 1.54) is 11.6 Å². The van der Waals surface area contributed by atoms with Crippen LogP contribution < -0.4 is 11.2 Å². The average Bonchev–Trinajstić information content (AvgIpc) is 2.45. The highest BCUT2D eigenvalue weighted by Crippen LogP contribution is 2.29. The Morgan fingerprint density at radius 1 is 1.05 bits per heavy atom. The molecule has 0 amide bonds. The molecule has 0 aliphatic rings. The van der Waals surface area contributed by atoms with Crippen LogP contribution in [0.3, 0.4) is 0 Å². The summed E-state index contributed by atoms with van der Waals surface area (Å²) >= 11 is 6.43. The lowest BCUT2D eigenvalue weighted by Gasteiger charge is -2.11. The fourth-order valence-corrected chi connectivity index (χ4v) is 2.79. The van der Waals surface area contributed by atoms with Crippen LogP contribution in [0.2, 0.25) is 5.02 Å². The minimum Gasteiger partial charge on any atom is -0.280 e. The quantitative estimate of drug-likeness (QED) is 0.597. The van der Waals surface area contributed by atoms with E-state index in [0.29, 0.717) is 16.2 Å². The third kappa shape index (κ3) is 1.81. The van der Waals surface area contributed by atoms with E-state index in [4.69, 9.17) is 11.6 Å². The van der Waals surface area contributed by atoms with E-state index in [1.54, 1.807) is 7.05 Å². The van der Waals surface area contributed by atoms with Crippen LogP contribution in [0.4, 0.5) is 0 Å². The molecule has 0 fully saturated rings. The fourth-order valence-electron chi connectivity index (χ4n) is 2.47. The number of aromatic nitrogens is 3. The lowest BCUT2D eigenvalue weighted by Crippen LogP contribution is -2.37. The zero-order valence-electron chi connectivity index (χ0n) is 12.2. The van der Waals surface area contributed by atoms with E-state index in [9.17, 15) is 9.59 Å². The van der Waals surface area contributed by atoms with Gasteiger partial charge in [-0.25, -0.2) is 9.78 Å². The summed E-state index contributed by atoms with van der Waals surface area (Å²) in [5.41, 5.74) is 2.30. The molecule has 0 radical (unpaired) electrons. The predicted molar refractivity (Wildman–Crippen MR) is 84.2 cm³/mol. The molecule has 0 saturated heterocycles. The summed E-state index contributed by atoms with van der Waals surface area (Å²) in [7, 11) is 3.02. The Labute approximate surface area is 125 Å². The van der Waals surface area contributed by atoms with E-state index in [2.05, 4.69) is 4.98 Å². The number of halogens is 1. The number of hydrogen-bond acceptors (Lipinski definition) is 3. The van der Waals surface area contributed by atoms with Crippen LogP contribution in [0.15, 0.2) is 21.7 Å². The van der Waals surface area contributed by atoms with Gasteiger partial charge in [0.25, 0.3) is 5.56 Å².